The Bertz CT molecular complexity index is 1480. The van der Waals surface area contributed by atoms with Crippen molar-refractivity contribution in [1.29, 1.82) is 0 Å². The van der Waals surface area contributed by atoms with E-state index in [2.05, 4.69) is 24.9 Å². The lowest BCUT2D eigenvalue weighted by molar-refractivity contribution is 0.489. The van der Waals surface area contributed by atoms with Crippen LogP contribution in [0.3, 0.4) is 0 Å². The van der Waals surface area contributed by atoms with Crippen molar-refractivity contribution in [2.75, 3.05) is 14.1 Å². The molecule has 2 aromatic carbocycles. The van der Waals surface area contributed by atoms with Gasteiger partial charge in [0.05, 0.1) is 4.90 Å². The summed E-state index contributed by atoms with van der Waals surface area (Å²) in [7, 11) is -0.593. The predicted octanol–water partition coefficient (Wildman–Crippen LogP) is 4.91. The third-order valence-corrected chi connectivity index (χ3v) is 8.00. The summed E-state index contributed by atoms with van der Waals surface area (Å²) in [6.45, 7) is 6.27. The van der Waals surface area contributed by atoms with Gasteiger partial charge in [-0.05, 0) is 59.9 Å². The molecule has 0 aliphatic carbocycles. The Hall–Kier alpha value is -2.62. The van der Waals surface area contributed by atoms with Gasteiger partial charge in [0.2, 0.25) is 10.0 Å². The summed E-state index contributed by atoms with van der Waals surface area (Å²) in [5.41, 5.74) is 4.25. The number of hydrogen-bond acceptors (Lipinski definition) is 7. The van der Waals surface area contributed by atoms with E-state index >= 15 is 0 Å². The van der Waals surface area contributed by atoms with Gasteiger partial charge in [-0.1, -0.05) is 25.6 Å². The SMILES string of the molecule is Cc1cc2oc(=O)cc(CSc3nc4cc(S(=O)(=O)N(C)C)ccc4o3)c2cc1C(C)C. The van der Waals surface area contributed by atoms with Gasteiger partial charge in [-0.3, -0.25) is 0 Å². The molecule has 2 heterocycles. The Morgan fingerprint density at radius 1 is 1.06 bits per heavy atom. The van der Waals surface area contributed by atoms with Crippen LogP contribution in [0, 0.1) is 6.92 Å². The van der Waals surface area contributed by atoms with Gasteiger partial charge in [0.1, 0.15) is 11.1 Å². The maximum absolute atomic E-state index is 12.4. The lowest BCUT2D eigenvalue weighted by Gasteiger charge is -2.12. The predicted molar refractivity (Wildman–Crippen MR) is 126 cm³/mol. The largest absolute Gasteiger partial charge is 0.431 e. The number of rotatable bonds is 6. The maximum atomic E-state index is 12.4. The number of oxazole rings is 1. The molecule has 7 nitrogen and oxygen atoms in total. The molecule has 0 spiro atoms. The molecule has 0 bridgehead atoms. The fraction of sp³-hybridized carbons (Fsp3) is 0.304. The topological polar surface area (TPSA) is 93.6 Å². The second-order valence-electron chi connectivity index (χ2n) is 8.14. The van der Waals surface area contributed by atoms with Gasteiger partial charge < -0.3 is 8.83 Å². The van der Waals surface area contributed by atoms with Crippen LogP contribution in [0.15, 0.2) is 60.1 Å². The van der Waals surface area contributed by atoms with Crippen molar-refractivity contribution >= 4 is 43.9 Å². The van der Waals surface area contributed by atoms with E-state index in [1.807, 2.05) is 13.0 Å². The van der Waals surface area contributed by atoms with E-state index in [9.17, 15) is 13.2 Å². The Morgan fingerprint density at radius 2 is 1.81 bits per heavy atom. The molecule has 0 aliphatic heterocycles. The molecule has 9 heteroatoms. The number of nitrogens with zero attached hydrogens (tertiary/aromatic N) is 2. The van der Waals surface area contributed by atoms with Crippen molar-refractivity contribution in [2.24, 2.45) is 0 Å². The van der Waals surface area contributed by atoms with E-state index in [0.717, 1.165) is 20.8 Å². The normalized spacial score (nSPS) is 12.5. The number of sulfonamides is 1. The molecule has 168 valence electrons. The molecule has 32 heavy (non-hydrogen) atoms. The number of thioether (sulfide) groups is 1. The molecular formula is C23H24N2O5S2. The molecule has 0 unspecified atom stereocenters. The van der Waals surface area contributed by atoms with Crippen LogP contribution in [-0.4, -0.2) is 31.8 Å². The number of aryl methyl sites for hydroxylation is 1. The highest BCUT2D eigenvalue weighted by atomic mass is 32.2. The van der Waals surface area contributed by atoms with Crippen LogP contribution < -0.4 is 5.63 Å². The Labute approximate surface area is 190 Å². The monoisotopic (exact) mass is 472 g/mol. The lowest BCUT2D eigenvalue weighted by Crippen LogP contribution is -2.22. The average Bonchev–Trinajstić information content (AvgIpc) is 3.13. The van der Waals surface area contributed by atoms with Gasteiger partial charge in [0.15, 0.2) is 5.58 Å². The number of hydrogen-bond donors (Lipinski definition) is 0. The molecule has 4 aromatic rings. The Balaban J connectivity index is 1.67. The highest BCUT2D eigenvalue weighted by Gasteiger charge is 2.19. The first-order valence-electron chi connectivity index (χ1n) is 10.1. The smallest absolute Gasteiger partial charge is 0.336 e. The van der Waals surface area contributed by atoms with Crippen molar-refractivity contribution < 1.29 is 17.3 Å². The summed E-state index contributed by atoms with van der Waals surface area (Å²) in [6, 6.07) is 10.1. The van der Waals surface area contributed by atoms with Crippen LogP contribution in [0.4, 0.5) is 0 Å². The highest BCUT2D eigenvalue weighted by Crippen LogP contribution is 2.32. The van der Waals surface area contributed by atoms with E-state index in [0.29, 0.717) is 33.6 Å². The van der Waals surface area contributed by atoms with Crippen molar-refractivity contribution in [3.63, 3.8) is 0 Å². The van der Waals surface area contributed by atoms with Gasteiger partial charge in [-0.2, -0.15) is 0 Å². The Kier molecular flexibility index (Phi) is 5.91. The van der Waals surface area contributed by atoms with Crippen LogP contribution in [0.2, 0.25) is 0 Å². The van der Waals surface area contributed by atoms with E-state index in [1.54, 1.807) is 6.07 Å². The van der Waals surface area contributed by atoms with Crippen LogP contribution in [-0.2, 0) is 15.8 Å². The minimum atomic E-state index is -3.56. The van der Waals surface area contributed by atoms with Gasteiger partial charge in [-0.15, -0.1) is 0 Å². The van der Waals surface area contributed by atoms with E-state index in [-0.39, 0.29) is 4.90 Å². The second kappa shape index (κ2) is 8.38. The highest BCUT2D eigenvalue weighted by molar-refractivity contribution is 7.98. The molecule has 0 fully saturated rings. The third kappa shape index (κ3) is 4.20. The van der Waals surface area contributed by atoms with E-state index in [4.69, 9.17) is 8.83 Å². The average molecular weight is 473 g/mol. The summed E-state index contributed by atoms with van der Waals surface area (Å²) in [5, 5.41) is 1.29. The zero-order valence-corrected chi connectivity index (χ0v) is 20.1. The summed E-state index contributed by atoms with van der Waals surface area (Å²) >= 11 is 1.34. The standard InChI is InChI=1S/C23H24N2O5S2/c1-13(2)17-11-18-15(9-22(26)29-21(18)8-14(17)3)12-31-23-24-19-10-16(6-7-20(19)30-23)32(27,28)25(4)5/h6-11,13H,12H2,1-5H3. The van der Waals surface area contributed by atoms with Crippen molar-refractivity contribution in [3.8, 4) is 0 Å². The number of fused-ring (bicyclic) bond motifs is 2. The minimum absolute atomic E-state index is 0.156. The zero-order valence-electron chi connectivity index (χ0n) is 18.5. The van der Waals surface area contributed by atoms with E-state index < -0.39 is 15.6 Å². The Morgan fingerprint density at radius 3 is 2.50 bits per heavy atom. The van der Waals surface area contributed by atoms with Crippen molar-refractivity contribution in [3.05, 3.63) is 63.5 Å². The number of benzene rings is 2. The molecule has 0 atom stereocenters. The quantitative estimate of drug-likeness (QED) is 0.291. The van der Waals surface area contributed by atoms with Gasteiger partial charge in [0, 0.05) is 31.3 Å². The summed E-state index contributed by atoms with van der Waals surface area (Å²) in [4.78, 5) is 16.7. The molecule has 0 N–H and O–H groups in total. The zero-order chi connectivity index (χ0) is 23.2. The number of aromatic nitrogens is 1. The lowest BCUT2D eigenvalue weighted by atomic mass is 9.95. The molecule has 0 aliphatic rings. The molecule has 0 amide bonds. The van der Waals surface area contributed by atoms with Crippen molar-refractivity contribution in [1.82, 2.24) is 9.29 Å². The molecule has 0 saturated carbocycles. The van der Waals surface area contributed by atoms with Crippen LogP contribution in [0.1, 0.15) is 36.5 Å². The van der Waals surface area contributed by atoms with Gasteiger partial charge in [0.25, 0.3) is 5.22 Å². The van der Waals surface area contributed by atoms with Crippen molar-refractivity contribution in [2.45, 2.75) is 42.6 Å². The second-order valence-corrected chi connectivity index (χ2v) is 11.2. The first kappa shape index (κ1) is 22.6. The maximum Gasteiger partial charge on any atom is 0.336 e. The minimum Gasteiger partial charge on any atom is -0.431 e. The first-order chi connectivity index (χ1) is 15.1. The first-order valence-corrected chi connectivity index (χ1v) is 12.5. The summed E-state index contributed by atoms with van der Waals surface area (Å²) < 4.78 is 37.1. The molecule has 2 aromatic heterocycles. The van der Waals surface area contributed by atoms with Crippen LogP contribution in [0.5, 0.6) is 0 Å². The fourth-order valence-corrected chi connectivity index (χ4v) is 5.34. The summed E-state index contributed by atoms with van der Waals surface area (Å²) in [5.74, 6) is 0.801. The fourth-order valence-electron chi connectivity index (χ4n) is 3.59. The van der Waals surface area contributed by atoms with Crippen LogP contribution in [0.25, 0.3) is 22.1 Å². The summed E-state index contributed by atoms with van der Waals surface area (Å²) in [6.07, 6.45) is 0. The molecule has 0 radical (unpaired) electrons. The molecule has 0 saturated heterocycles. The van der Waals surface area contributed by atoms with Crippen LogP contribution >= 0.6 is 11.8 Å². The molecule has 4 rings (SSSR count). The van der Waals surface area contributed by atoms with E-state index in [1.165, 1.54) is 49.6 Å². The third-order valence-electron chi connectivity index (χ3n) is 5.31. The van der Waals surface area contributed by atoms with Gasteiger partial charge in [-0.25, -0.2) is 22.5 Å². The molecular weight excluding hydrogens is 448 g/mol. The van der Waals surface area contributed by atoms with Gasteiger partial charge >= 0.3 is 5.63 Å².